The summed E-state index contributed by atoms with van der Waals surface area (Å²) in [5.41, 5.74) is 8.17. The molecule has 74 valence electrons. The average molecular weight is 188 g/mol. The van der Waals surface area contributed by atoms with E-state index < -0.39 is 0 Å². The standard InChI is InChI=1S/C12H16N2/c1-2-14-8-6-11-9-10(5-7-13)3-4-12(11)14/h3-4,6,8-9H,2,5,7,13H2,1H3. The fraction of sp³-hybridized carbons (Fsp3) is 0.333. The van der Waals surface area contributed by atoms with Gasteiger partial charge in [0.15, 0.2) is 0 Å². The number of aromatic nitrogens is 1. The summed E-state index contributed by atoms with van der Waals surface area (Å²) in [4.78, 5) is 0. The van der Waals surface area contributed by atoms with E-state index in [1.807, 2.05) is 0 Å². The van der Waals surface area contributed by atoms with Crippen LogP contribution in [0.1, 0.15) is 12.5 Å². The zero-order chi connectivity index (χ0) is 9.97. The quantitative estimate of drug-likeness (QED) is 0.786. The van der Waals surface area contributed by atoms with Gasteiger partial charge in [-0.3, -0.25) is 0 Å². The summed E-state index contributed by atoms with van der Waals surface area (Å²) in [6.45, 7) is 3.91. The number of nitrogens with zero attached hydrogens (tertiary/aromatic N) is 1. The molecule has 1 heterocycles. The molecule has 0 aliphatic carbocycles. The molecule has 0 spiro atoms. The molecule has 0 bridgehead atoms. The van der Waals surface area contributed by atoms with Crippen LogP contribution in [0.15, 0.2) is 30.5 Å². The van der Waals surface area contributed by atoms with Crippen LogP contribution in [-0.2, 0) is 13.0 Å². The fourth-order valence-corrected chi connectivity index (χ4v) is 1.85. The number of benzene rings is 1. The first-order valence-corrected chi connectivity index (χ1v) is 5.13. The third-order valence-electron chi connectivity index (χ3n) is 2.61. The maximum atomic E-state index is 5.53. The van der Waals surface area contributed by atoms with Gasteiger partial charge in [0.2, 0.25) is 0 Å². The number of fused-ring (bicyclic) bond motifs is 1. The topological polar surface area (TPSA) is 30.9 Å². The van der Waals surface area contributed by atoms with Crippen LogP contribution in [0.3, 0.4) is 0 Å². The molecular weight excluding hydrogens is 172 g/mol. The van der Waals surface area contributed by atoms with Crippen LogP contribution in [0, 0.1) is 0 Å². The van der Waals surface area contributed by atoms with Crippen LogP contribution < -0.4 is 5.73 Å². The monoisotopic (exact) mass is 188 g/mol. The predicted molar refractivity (Wildman–Crippen MR) is 60.4 cm³/mol. The highest BCUT2D eigenvalue weighted by Gasteiger charge is 1.99. The Morgan fingerprint density at radius 1 is 1.29 bits per heavy atom. The highest BCUT2D eigenvalue weighted by Crippen LogP contribution is 2.17. The Morgan fingerprint density at radius 3 is 2.86 bits per heavy atom. The fourth-order valence-electron chi connectivity index (χ4n) is 1.85. The zero-order valence-electron chi connectivity index (χ0n) is 8.53. The second-order valence-electron chi connectivity index (χ2n) is 3.53. The van der Waals surface area contributed by atoms with E-state index in [2.05, 4.69) is 42.0 Å². The number of hydrogen-bond donors (Lipinski definition) is 1. The Hall–Kier alpha value is -1.28. The van der Waals surface area contributed by atoms with E-state index in [1.54, 1.807) is 0 Å². The van der Waals surface area contributed by atoms with Gasteiger partial charge in [-0.15, -0.1) is 0 Å². The van der Waals surface area contributed by atoms with Crippen molar-refractivity contribution in [1.82, 2.24) is 4.57 Å². The van der Waals surface area contributed by atoms with Crippen molar-refractivity contribution < 1.29 is 0 Å². The summed E-state index contributed by atoms with van der Waals surface area (Å²) in [5, 5.41) is 1.32. The molecule has 0 aliphatic heterocycles. The van der Waals surface area contributed by atoms with Crippen molar-refractivity contribution in [2.45, 2.75) is 19.9 Å². The van der Waals surface area contributed by atoms with Crippen molar-refractivity contribution in [3.63, 3.8) is 0 Å². The third kappa shape index (κ3) is 1.53. The predicted octanol–water partition coefficient (Wildman–Crippen LogP) is 2.16. The first-order chi connectivity index (χ1) is 6.85. The van der Waals surface area contributed by atoms with Gasteiger partial charge in [0.25, 0.3) is 0 Å². The molecule has 1 aromatic carbocycles. The zero-order valence-corrected chi connectivity index (χ0v) is 8.53. The van der Waals surface area contributed by atoms with Gasteiger partial charge in [0, 0.05) is 18.3 Å². The number of nitrogens with two attached hydrogens (primary N) is 1. The SMILES string of the molecule is CCn1ccc2cc(CCN)ccc21. The molecule has 2 aromatic rings. The lowest BCUT2D eigenvalue weighted by Gasteiger charge is -2.02. The molecule has 0 atom stereocenters. The number of aryl methyl sites for hydroxylation is 1. The second kappa shape index (κ2) is 3.84. The van der Waals surface area contributed by atoms with Crippen molar-refractivity contribution >= 4 is 10.9 Å². The molecule has 0 saturated carbocycles. The Kier molecular flexibility index (Phi) is 2.55. The molecule has 0 radical (unpaired) electrons. The molecule has 0 fully saturated rings. The summed E-state index contributed by atoms with van der Waals surface area (Å²) in [6.07, 6.45) is 3.10. The van der Waals surface area contributed by atoms with Crippen LogP contribution >= 0.6 is 0 Å². The van der Waals surface area contributed by atoms with E-state index in [4.69, 9.17) is 5.73 Å². The second-order valence-corrected chi connectivity index (χ2v) is 3.53. The Bertz CT molecular complexity index is 429. The minimum atomic E-state index is 0.722. The lowest BCUT2D eigenvalue weighted by Crippen LogP contribution is -2.02. The van der Waals surface area contributed by atoms with Gasteiger partial charge in [-0.25, -0.2) is 0 Å². The highest BCUT2D eigenvalue weighted by molar-refractivity contribution is 5.80. The van der Waals surface area contributed by atoms with Crippen molar-refractivity contribution in [2.24, 2.45) is 5.73 Å². The van der Waals surface area contributed by atoms with Gasteiger partial charge in [-0.1, -0.05) is 6.07 Å². The van der Waals surface area contributed by atoms with E-state index in [9.17, 15) is 0 Å². The van der Waals surface area contributed by atoms with Gasteiger partial charge in [0.1, 0.15) is 0 Å². The third-order valence-corrected chi connectivity index (χ3v) is 2.61. The summed E-state index contributed by atoms with van der Waals surface area (Å²) < 4.78 is 2.25. The molecule has 0 unspecified atom stereocenters. The minimum absolute atomic E-state index is 0.722. The van der Waals surface area contributed by atoms with Crippen LogP contribution in [0.2, 0.25) is 0 Å². The molecular formula is C12H16N2. The largest absolute Gasteiger partial charge is 0.348 e. The first kappa shape index (κ1) is 9.28. The van der Waals surface area contributed by atoms with E-state index in [-0.39, 0.29) is 0 Å². The Labute approximate surface area is 84.3 Å². The summed E-state index contributed by atoms with van der Waals surface area (Å²) in [6, 6.07) is 8.75. The molecule has 2 N–H and O–H groups in total. The first-order valence-electron chi connectivity index (χ1n) is 5.13. The Morgan fingerprint density at radius 2 is 2.14 bits per heavy atom. The molecule has 0 saturated heterocycles. The van der Waals surface area contributed by atoms with E-state index in [0.717, 1.165) is 19.5 Å². The van der Waals surface area contributed by atoms with Crippen molar-refractivity contribution in [3.05, 3.63) is 36.0 Å². The minimum Gasteiger partial charge on any atom is -0.348 e. The van der Waals surface area contributed by atoms with Gasteiger partial charge in [0.05, 0.1) is 0 Å². The van der Waals surface area contributed by atoms with Crippen molar-refractivity contribution in [2.75, 3.05) is 6.54 Å². The molecule has 1 aromatic heterocycles. The van der Waals surface area contributed by atoms with Crippen LogP contribution in [0.25, 0.3) is 10.9 Å². The van der Waals surface area contributed by atoms with Gasteiger partial charge >= 0.3 is 0 Å². The van der Waals surface area contributed by atoms with Crippen LogP contribution in [0.5, 0.6) is 0 Å². The van der Waals surface area contributed by atoms with Crippen molar-refractivity contribution in [1.29, 1.82) is 0 Å². The average Bonchev–Trinajstić information content (AvgIpc) is 2.60. The van der Waals surface area contributed by atoms with Gasteiger partial charge in [-0.05, 0) is 49.0 Å². The summed E-state index contributed by atoms with van der Waals surface area (Å²) >= 11 is 0. The summed E-state index contributed by atoms with van der Waals surface area (Å²) in [5.74, 6) is 0. The van der Waals surface area contributed by atoms with Gasteiger partial charge in [-0.2, -0.15) is 0 Å². The molecule has 2 heteroatoms. The maximum Gasteiger partial charge on any atom is 0.0480 e. The van der Waals surface area contributed by atoms with E-state index in [0.29, 0.717) is 0 Å². The number of rotatable bonds is 3. The highest BCUT2D eigenvalue weighted by atomic mass is 14.9. The molecule has 2 nitrogen and oxygen atoms in total. The molecule has 0 amide bonds. The Balaban J connectivity index is 2.46. The lowest BCUT2D eigenvalue weighted by atomic mass is 10.1. The summed E-state index contributed by atoms with van der Waals surface area (Å²) in [7, 11) is 0. The lowest BCUT2D eigenvalue weighted by molar-refractivity contribution is 0.797. The van der Waals surface area contributed by atoms with E-state index in [1.165, 1.54) is 16.5 Å². The van der Waals surface area contributed by atoms with Gasteiger partial charge < -0.3 is 10.3 Å². The molecule has 14 heavy (non-hydrogen) atoms. The van der Waals surface area contributed by atoms with Crippen molar-refractivity contribution in [3.8, 4) is 0 Å². The molecule has 0 aliphatic rings. The van der Waals surface area contributed by atoms with E-state index >= 15 is 0 Å². The normalized spacial score (nSPS) is 11.0. The smallest absolute Gasteiger partial charge is 0.0480 e. The molecule has 2 rings (SSSR count). The van der Waals surface area contributed by atoms with Crippen LogP contribution in [-0.4, -0.2) is 11.1 Å². The van der Waals surface area contributed by atoms with Crippen LogP contribution in [0.4, 0.5) is 0 Å². The maximum absolute atomic E-state index is 5.53. The number of hydrogen-bond acceptors (Lipinski definition) is 1.